The fourth-order valence-electron chi connectivity index (χ4n) is 0.512. The summed E-state index contributed by atoms with van der Waals surface area (Å²) in [6.45, 7) is 0. The van der Waals surface area contributed by atoms with Gasteiger partial charge in [-0.2, -0.15) is 0 Å². The van der Waals surface area contributed by atoms with E-state index in [4.69, 9.17) is 0 Å². The number of imidazole rings is 1. The summed E-state index contributed by atoms with van der Waals surface area (Å²) in [5, 5.41) is 0. The van der Waals surface area contributed by atoms with Crippen LogP contribution in [-0.4, -0.2) is 15.8 Å². The number of nitrogens with zero attached hydrogens (tertiary/aromatic N) is 2. The molecule has 1 heterocycles. The van der Waals surface area contributed by atoms with Gasteiger partial charge in [-0.25, -0.2) is 4.98 Å². The normalized spacial score (nSPS) is 9.62. The lowest BCUT2D eigenvalue weighted by molar-refractivity contribution is 0.891. The molecule has 2 nitrogen and oxygen atoms in total. The van der Waals surface area contributed by atoms with Gasteiger partial charge in [0.15, 0.2) is 0 Å². The van der Waals surface area contributed by atoms with E-state index in [2.05, 4.69) is 11.2 Å². The van der Waals surface area contributed by atoms with Crippen LogP contribution in [0.1, 0.15) is 0 Å². The summed E-state index contributed by atoms with van der Waals surface area (Å²) in [6, 6.07) is 0. The van der Waals surface area contributed by atoms with E-state index in [0.29, 0.717) is 0 Å². The van der Waals surface area contributed by atoms with Gasteiger partial charge in [-0.3, -0.25) is 0 Å². The quantitative estimate of drug-likeness (QED) is 0.595. The molecule has 3 heteroatoms. The maximum absolute atomic E-state index is 3.89. The van der Waals surface area contributed by atoms with Crippen LogP contribution in [0.4, 0.5) is 0 Å². The Bertz CT molecular complexity index is 136. The largest absolute Gasteiger partial charge is 0.328 e. The van der Waals surface area contributed by atoms with E-state index in [1.807, 2.05) is 17.1 Å². The molecule has 8 heavy (non-hydrogen) atoms. The SMILES string of the molecule is CSCn1ccnc1. The zero-order valence-corrected chi connectivity index (χ0v) is 5.56. The van der Waals surface area contributed by atoms with Gasteiger partial charge in [0.05, 0.1) is 12.2 Å². The smallest absolute Gasteiger partial charge is 0.0953 e. The van der Waals surface area contributed by atoms with Gasteiger partial charge in [0.2, 0.25) is 0 Å². The minimum Gasteiger partial charge on any atom is -0.328 e. The molecule has 0 radical (unpaired) electrons. The first kappa shape index (κ1) is 5.69. The third-order valence-electron chi connectivity index (χ3n) is 0.837. The second-order valence-electron chi connectivity index (χ2n) is 1.49. The van der Waals surface area contributed by atoms with E-state index < -0.39 is 0 Å². The Kier molecular flexibility index (Phi) is 1.97. The van der Waals surface area contributed by atoms with E-state index in [0.717, 1.165) is 5.88 Å². The topological polar surface area (TPSA) is 17.8 Å². The Balaban J connectivity index is 2.50. The standard InChI is InChI=1S/C5H8N2S/c1-8-5-7-3-2-6-4-7/h2-4H,5H2,1H3. The zero-order valence-electron chi connectivity index (χ0n) is 4.74. The van der Waals surface area contributed by atoms with E-state index >= 15 is 0 Å². The predicted molar refractivity (Wildman–Crippen MR) is 35.7 cm³/mol. The van der Waals surface area contributed by atoms with Crippen molar-refractivity contribution >= 4 is 11.8 Å². The molecule has 0 aliphatic rings. The molecule has 1 aromatic rings. The maximum atomic E-state index is 3.89. The fourth-order valence-corrected chi connectivity index (χ4v) is 0.963. The first-order chi connectivity index (χ1) is 3.93. The number of thioether (sulfide) groups is 1. The van der Waals surface area contributed by atoms with Crippen LogP contribution in [0, 0.1) is 0 Å². The summed E-state index contributed by atoms with van der Waals surface area (Å²) in [7, 11) is 0. The molecule has 0 saturated carbocycles. The summed E-state index contributed by atoms with van der Waals surface area (Å²) in [5.74, 6) is 1.00. The number of hydrogen-bond donors (Lipinski definition) is 0. The molecule has 0 N–H and O–H groups in total. The lowest BCUT2D eigenvalue weighted by Crippen LogP contribution is -1.86. The molecule has 0 atom stereocenters. The Labute approximate surface area is 52.9 Å². The van der Waals surface area contributed by atoms with Crippen LogP contribution in [0.2, 0.25) is 0 Å². The monoisotopic (exact) mass is 128 g/mol. The molecule has 0 saturated heterocycles. The molecule has 1 aromatic heterocycles. The highest BCUT2D eigenvalue weighted by Crippen LogP contribution is 1.96. The van der Waals surface area contributed by atoms with Crippen molar-refractivity contribution in [2.75, 3.05) is 6.26 Å². The molecule has 0 aromatic carbocycles. The first-order valence-electron chi connectivity index (χ1n) is 2.38. The van der Waals surface area contributed by atoms with E-state index in [-0.39, 0.29) is 0 Å². The number of rotatable bonds is 2. The number of aromatic nitrogens is 2. The molecular weight excluding hydrogens is 120 g/mol. The average molecular weight is 128 g/mol. The average Bonchev–Trinajstić information content (AvgIpc) is 2.19. The van der Waals surface area contributed by atoms with Crippen LogP contribution in [0.3, 0.4) is 0 Å². The van der Waals surface area contributed by atoms with Crippen molar-refractivity contribution in [3.8, 4) is 0 Å². The highest BCUT2D eigenvalue weighted by Gasteiger charge is 1.82. The second-order valence-corrected chi connectivity index (χ2v) is 2.33. The molecule has 0 unspecified atom stereocenters. The Morgan fingerprint density at radius 2 is 2.62 bits per heavy atom. The first-order valence-corrected chi connectivity index (χ1v) is 3.77. The van der Waals surface area contributed by atoms with Crippen molar-refractivity contribution in [3.63, 3.8) is 0 Å². The summed E-state index contributed by atoms with van der Waals surface area (Å²) < 4.78 is 2.03. The van der Waals surface area contributed by atoms with Gasteiger partial charge in [0, 0.05) is 12.4 Å². The van der Waals surface area contributed by atoms with Crippen LogP contribution in [0.25, 0.3) is 0 Å². The van der Waals surface area contributed by atoms with Crippen molar-refractivity contribution in [1.82, 2.24) is 9.55 Å². The molecule has 0 fully saturated rings. The van der Waals surface area contributed by atoms with Crippen molar-refractivity contribution in [3.05, 3.63) is 18.7 Å². The molecule has 0 aliphatic carbocycles. The zero-order chi connectivity index (χ0) is 5.82. The Morgan fingerprint density at radius 1 is 1.75 bits per heavy atom. The summed E-state index contributed by atoms with van der Waals surface area (Å²) in [6.07, 6.45) is 7.63. The van der Waals surface area contributed by atoms with Gasteiger partial charge in [0.1, 0.15) is 0 Å². The summed E-state index contributed by atoms with van der Waals surface area (Å²) >= 11 is 1.78. The van der Waals surface area contributed by atoms with Crippen molar-refractivity contribution in [2.45, 2.75) is 5.88 Å². The highest BCUT2D eigenvalue weighted by molar-refractivity contribution is 7.97. The predicted octanol–water partition coefficient (Wildman–Crippen LogP) is 1.20. The Hall–Kier alpha value is -0.440. The third kappa shape index (κ3) is 1.26. The van der Waals surface area contributed by atoms with Gasteiger partial charge in [-0.05, 0) is 6.26 Å². The third-order valence-corrected chi connectivity index (χ3v) is 1.39. The van der Waals surface area contributed by atoms with Crippen molar-refractivity contribution in [1.29, 1.82) is 0 Å². The van der Waals surface area contributed by atoms with Gasteiger partial charge in [0.25, 0.3) is 0 Å². The van der Waals surface area contributed by atoms with Crippen LogP contribution in [-0.2, 0) is 5.88 Å². The lowest BCUT2D eigenvalue weighted by atomic mass is 10.9. The summed E-state index contributed by atoms with van der Waals surface area (Å²) in [5.41, 5.74) is 0. The van der Waals surface area contributed by atoms with E-state index in [1.165, 1.54) is 0 Å². The van der Waals surface area contributed by atoms with E-state index in [9.17, 15) is 0 Å². The van der Waals surface area contributed by atoms with Gasteiger partial charge < -0.3 is 4.57 Å². The molecule has 0 amide bonds. The number of hydrogen-bond acceptors (Lipinski definition) is 2. The Morgan fingerprint density at radius 3 is 3.12 bits per heavy atom. The molecule has 0 spiro atoms. The fraction of sp³-hybridized carbons (Fsp3) is 0.400. The molecule has 44 valence electrons. The van der Waals surface area contributed by atoms with Crippen molar-refractivity contribution < 1.29 is 0 Å². The lowest BCUT2D eigenvalue weighted by Gasteiger charge is -1.93. The van der Waals surface area contributed by atoms with Crippen LogP contribution in [0.15, 0.2) is 18.7 Å². The molecular formula is C5H8N2S. The molecule has 0 bridgehead atoms. The van der Waals surface area contributed by atoms with Crippen LogP contribution >= 0.6 is 11.8 Å². The van der Waals surface area contributed by atoms with Crippen molar-refractivity contribution in [2.24, 2.45) is 0 Å². The van der Waals surface area contributed by atoms with E-state index in [1.54, 1.807) is 18.0 Å². The molecule has 0 aliphatic heterocycles. The summed E-state index contributed by atoms with van der Waals surface area (Å²) in [4.78, 5) is 3.89. The molecule has 1 rings (SSSR count). The van der Waals surface area contributed by atoms with Crippen LogP contribution in [0.5, 0.6) is 0 Å². The van der Waals surface area contributed by atoms with Gasteiger partial charge >= 0.3 is 0 Å². The maximum Gasteiger partial charge on any atom is 0.0953 e. The van der Waals surface area contributed by atoms with Crippen LogP contribution < -0.4 is 0 Å². The van der Waals surface area contributed by atoms with Gasteiger partial charge in [-0.15, -0.1) is 11.8 Å². The second kappa shape index (κ2) is 2.77. The minimum atomic E-state index is 1.00. The minimum absolute atomic E-state index is 1.00. The van der Waals surface area contributed by atoms with Gasteiger partial charge in [-0.1, -0.05) is 0 Å². The highest BCUT2D eigenvalue weighted by atomic mass is 32.2.